The molecule has 0 saturated carbocycles. The first-order chi connectivity index (χ1) is 40.6. The van der Waals surface area contributed by atoms with Gasteiger partial charge in [-0.3, -0.25) is 28.8 Å². The highest BCUT2D eigenvalue weighted by Crippen LogP contribution is 2.30. The summed E-state index contributed by atoms with van der Waals surface area (Å²) in [7, 11) is 5.84. The standard InChI is InChI=1S/C30H32ClFN6O3.C24H24BrClFN3O3.C6H10BN3O2/c1-18(2)38(16-27(40)33-12-21-7-6-8-25(31)29(21)32)28(41)17-37-15-24(19(3)39)23-11-20(9-10-26(23)37)22-13-34-30(35-14-22)36(4)5;1-14(2)30(12-22(32)28-10-16-5-4-6-20(26)24(16)27)23(33)13-29-11-19(15(3)31)18-9-17(25)7-8-21(18)29;1-10(2)6-8-3-5(4-9-6)7(11)12/h6-11,13-15,18H,12,16-17H2,1-5H3,(H,33,40);4-9,11,14H,10,12-13H2,1-3H3,(H,28,32);3-4,11-12H,1-2H3. The van der Waals surface area contributed by atoms with E-state index in [1.54, 1.807) is 55.9 Å². The van der Waals surface area contributed by atoms with Crippen LogP contribution in [0.3, 0.4) is 0 Å². The Morgan fingerprint density at radius 1 is 0.605 bits per heavy atom. The molecule has 452 valence electrons. The number of hydrogen-bond donors (Lipinski definition) is 4. The molecule has 4 aromatic carbocycles. The number of Topliss-reactive ketones (excluding diaryl/α,β-unsaturated/α-hetero) is 2. The van der Waals surface area contributed by atoms with Crippen LogP contribution in [0, 0.1) is 11.6 Å². The first-order valence-electron chi connectivity index (χ1n) is 26.9. The van der Waals surface area contributed by atoms with E-state index in [4.69, 9.17) is 33.2 Å². The number of nitrogens with zero attached hydrogens (tertiary/aromatic N) is 10. The molecule has 8 rings (SSSR count). The van der Waals surface area contributed by atoms with Gasteiger partial charge in [0, 0.05) is 150 Å². The summed E-state index contributed by atoms with van der Waals surface area (Å²) in [6, 6.07) is 19.8. The van der Waals surface area contributed by atoms with Crippen LogP contribution in [0.2, 0.25) is 10.0 Å². The maximum Gasteiger partial charge on any atom is 0.491 e. The van der Waals surface area contributed by atoms with Gasteiger partial charge in [0.25, 0.3) is 0 Å². The average molecular weight is 1280 g/mol. The van der Waals surface area contributed by atoms with Gasteiger partial charge < -0.3 is 49.4 Å². The molecule has 0 spiro atoms. The van der Waals surface area contributed by atoms with Crippen molar-refractivity contribution in [3.63, 3.8) is 0 Å². The van der Waals surface area contributed by atoms with Gasteiger partial charge in [-0.15, -0.1) is 0 Å². The van der Waals surface area contributed by atoms with Gasteiger partial charge in [-0.05, 0) is 89.6 Å². The average Bonchev–Trinajstić information content (AvgIpc) is 3.47. The smallest absolute Gasteiger partial charge is 0.423 e. The Morgan fingerprint density at radius 2 is 1.01 bits per heavy atom. The first-order valence-corrected chi connectivity index (χ1v) is 28.5. The first kappa shape index (κ1) is 67.0. The van der Waals surface area contributed by atoms with E-state index in [0.29, 0.717) is 39.4 Å². The lowest BCUT2D eigenvalue weighted by Crippen LogP contribution is -2.45. The molecule has 0 atom stereocenters. The summed E-state index contributed by atoms with van der Waals surface area (Å²) >= 11 is 15.0. The van der Waals surface area contributed by atoms with Crippen LogP contribution in [0.4, 0.5) is 20.7 Å². The number of carbonyl (C=O) groups is 6. The molecule has 0 unspecified atom stereocenters. The quantitative estimate of drug-likeness (QED) is 0.0419. The van der Waals surface area contributed by atoms with Gasteiger partial charge in [-0.1, -0.05) is 69.5 Å². The number of rotatable bonds is 20. The summed E-state index contributed by atoms with van der Waals surface area (Å²) in [5.74, 6) is -1.69. The van der Waals surface area contributed by atoms with Gasteiger partial charge in [0.15, 0.2) is 11.6 Å². The highest BCUT2D eigenvalue weighted by atomic mass is 79.9. The second-order valence-electron chi connectivity index (χ2n) is 20.8. The summed E-state index contributed by atoms with van der Waals surface area (Å²) in [5.41, 5.74) is 4.92. The van der Waals surface area contributed by atoms with Crippen LogP contribution in [0.5, 0.6) is 0 Å². The fourth-order valence-corrected chi connectivity index (χ4v) is 9.48. The third-order valence-corrected chi connectivity index (χ3v) is 14.4. The summed E-state index contributed by atoms with van der Waals surface area (Å²) in [6.07, 6.45) is 9.55. The number of aromatic nitrogens is 6. The molecule has 86 heavy (non-hydrogen) atoms. The maximum atomic E-state index is 14.2. The van der Waals surface area contributed by atoms with Crippen molar-refractivity contribution >= 4 is 121 Å². The molecule has 8 aromatic rings. The van der Waals surface area contributed by atoms with Crippen molar-refractivity contribution in [3.8, 4) is 11.1 Å². The Hall–Kier alpha value is -8.16. The van der Waals surface area contributed by atoms with Crippen LogP contribution in [-0.2, 0) is 45.4 Å². The number of carbonyl (C=O) groups excluding carboxylic acids is 6. The summed E-state index contributed by atoms with van der Waals surface area (Å²) in [6.45, 7) is 9.64. The molecular weight excluding hydrogens is 1220 g/mol. The van der Waals surface area contributed by atoms with Gasteiger partial charge in [0.05, 0.1) is 23.1 Å². The number of benzene rings is 4. The summed E-state index contributed by atoms with van der Waals surface area (Å²) in [4.78, 5) is 99.3. The molecule has 0 radical (unpaired) electrons. The Balaban J connectivity index is 0.000000234. The van der Waals surface area contributed by atoms with Crippen molar-refractivity contribution in [2.24, 2.45) is 0 Å². The Kier molecular flexibility index (Phi) is 23.6. The minimum Gasteiger partial charge on any atom is -0.423 e. The lowest BCUT2D eigenvalue weighted by atomic mass is 9.83. The maximum absolute atomic E-state index is 14.2. The van der Waals surface area contributed by atoms with E-state index in [-0.39, 0.29) is 95.9 Å². The molecule has 0 fully saturated rings. The van der Waals surface area contributed by atoms with E-state index < -0.39 is 30.6 Å². The lowest BCUT2D eigenvalue weighted by Gasteiger charge is -2.26. The highest BCUT2D eigenvalue weighted by Gasteiger charge is 2.25. The largest absolute Gasteiger partial charge is 0.491 e. The van der Waals surface area contributed by atoms with Crippen LogP contribution in [0.25, 0.3) is 32.9 Å². The van der Waals surface area contributed by atoms with Gasteiger partial charge in [0.2, 0.25) is 35.5 Å². The van der Waals surface area contributed by atoms with Crippen LogP contribution in [0.15, 0.2) is 114 Å². The topological polar surface area (TPSA) is 241 Å². The molecule has 0 saturated heterocycles. The van der Waals surface area contributed by atoms with Gasteiger partial charge in [0.1, 0.15) is 24.7 Å². The minimum atomic E-state index is -1.50. The number of ketones is 2. The van der Waals surface area contributed by atoms with Crippen LogP contribution >= 0.6 is 39.1 Å². The third kappa shape index (κ3) is 17.5. The predicted octanol–water partition coefficient (Wildman–Crippen LogP) is 7.89. The van der Waals surface area contributed by atoms with Crippen LogP contribution in [-0.4, -0.2) is 145 Å². The van der Waals surface area contributed by atoms with Crippen molar-refractivity contribution in [1.82, 2.24) is 49.5 Å². The number of nitrogens with one attached hydrogen (secondary N) is 2. The lowest BCUT2D eigenvalue weighted by molar-refractivity contribution is -0.138. The van der Waals surface area contributed by atoms with Crippen molar-refractivity contribution in [1.29, 1.82) is 0 Å². The van der Waals surface area contributed by atoms with Crippen molar-refractivity contribution in [3.05, 3.63) is 158 Å². The zero-order valence-electron chi connectivity index (χ0n) is 49.1. The minimum absolute atomic E-state index is 0.0170. The molecule has 26 heteroatoms. The number of halogens is 5. The molecule has 0 aliphatic rings. The molecule has 0 aliphatic heterocycles. The molecule has 0 bridgehead atoms. The van der Waals surface area contributed by atoms with Crippen LogP contribution in [0.1, 0.15) is 73.4 Å². The van der Waals surface area contributed by atoms with E-state index >= 15 is 0 Å². The summed E-state index contributed by atoms with van der Waals surface area (Å²) < 4.78 is 32.5. The second kappa shape index (κ2) is 30.3. The fraction of sp³-hybridized carbons (Fsp3) is 0.300. The van der Waals surface area contributed by atoms with Gasteiger partial charge >= 0.3 is 7.12 Å². The van der Waals surface area contributed by atoms with Crippen LogP contribution < -0.4 is 25.9 Å². The van der Waals surface area contributed by atoms with Gasteiger partial charge in [-0.25, -0.2) is 28.7 Å². The zero-order chi connectivity index (χ0) is 63.3. The SMILES string of the molecule is CC(=O)c1cn(CC(=O)N(CC(=O)NCc2cccc(Cl)c2F)C(C)C)c2ccc(-c3cnc(N(C)C)nc3)cc12.CC(=O)c1cn(CC(=O)N(CC(=O)NCc2cccc(Cl)c2F)C(C)C)c2ccc(Br)cc12.CN(C)c1ncc(B(O)O)cn1. The molecule has 4 amide bonds. The Bertz CT molecular complexity index is 3730. The zero-order valence-corrected chi connectivity index (χ0v) is 52.2. The van der Waals surface area contributed by atoms with Crippen molar-refractivity contribution in [2.75, 3.05) is 51.1 Å². The monoisotopic (exact) mass is 1280 g/mol. The summed E-state index contributed by atoms with van der Waals surface area (Å²) in [5, 5.41) is 24.1. The molecule has 4 N–H and O–H groups in total. The molecule has 20 nitrogen and oxygen atoms in total. The second-order valence-corrected chi connectivity index (χ2v) is 22.5. The number of fused-ring (bicyclic) bond motifs is 2. The van der Waals surface area contributed by atoms with E-state index in [9.17, 15) is 37.5 Å². The van der Waals surface area contributed by atoms with Gasteiger partial charge in [-0.2, -0.15) is 0 Å². The van der Waals surface area contributed by atoms with E-state index in [0.717, 1.165) is 26.5 Å². The Morgan fingerprint density at radius 3 is 1.41 bits per heavy atom. The third-order valence-electron chi connectivity index (χ3n) is 13.4. The number of anilines is 2. The highest BCUT2D eigenvalue weighted by molar-refractivity contribution is 9.10. The van der Waals surface area contributed by atoms with E-state index in [1.165, 1.54) is 60.3 Å². The fourth-order valence-electron chi connectivity index (χ4n) is 8.73. The van der Waals surface area contributed by atoms with E-state index in [1.807, 2.05) is 92.3 Å². The Labute approximate surface area is 515 Å². The van der Waals surface area contributed by atoms with Crippen molar-refractivity contribution < 1.29 is 47.6 Å². The molecular formula is C60H66BBrCl2F2N12O8. The van der Waals surface area contributed by atoms with Crippen molar-refractivity contribution in [2.45, 2.75) is 79.8 Å². The number of hydrogen-bond acceptors (Lipinski definition) is 14. The predicted molar refractivity (Wildman–Crippen MR) is 333 cm³/mol. The van der Waals surface area contributed by atoms with E-state index in [2.05, 4.69) is 46.5 Å². The number of amides is 4. The molecule has 4 aromatic heterocycles. The molecule has 4 heterocycles. The normalized spacial score (nSPS) is 10.9. The molecule has 0 aliphatic carbocycles.